The van der Waals surface area contributed by atoms with Crippen molar-refractivity contribution >= 4 is 11.6 Å². The summed E-state index contributed by atoms with van der Waals surface area (Å²) in [5, 5.41) is 8.72. The minimum Gasteiger partial charge on any atom is -0.309 e. The van der Waals surface area contributed by atoms with Crippen molar-refractivity contribution in [3.05, 3.63) is 59.4 Å². The maximum absolute atomic E-state index is 12.5. The number of hydrogen-bond donors (Lipinski definition) is 0. The zero-order valence-corrected chi connectivity index (χ0v) is 11.5. The van der Waals surface area contributed by atoms with E-state index < -0.39 is 0 Å². The molecule has 1 aromatic carbocycles. The van der Waals surface area contributed by atoms with Crippen LogP contribution in [-0.4, -0.2) is 17.4 Å². The van der Waals surface area contributed by atoms with E-state index in [4.69, 9.17) is 5.26 Å². The zero-order valence-electron chi connectivity index (χ0n) is 11.5. The van der Waals surface area contributed by atoms with E-state index in [0.29, 0.717) is 17.8 Å². The van der Waals surface area contributed by atoms with E-state index in [1.807, 2.05) is 44.2 Å². The average Bonchev–Trinajstić information content (AvgIpc) is 2.48. The van der Waals surface area contributed by atoms with Gasteiger partial charge in [0, 0.05) is 18.4 Å². The molecule has 2 rings (SSSR count). The molecule has 0 atom stereocenters. The molecule has 0 saturated carbocycles. The Labute approximate surface area is 118 Å². The fraction of sp³-hybridized carbons (Fsp3) is 0.188. The van der Waals surface area contributed by atoms with Crippen molar-refractivity contribution in [2.75, 3.05) is 11.4 Å². The number of aromatic nitrogens is 1. The zero-order chi connectivity index (χ0) is 14.5. The number of pyridine rings is 1. The molecule has 20 heavy (non-hydrogen) atoms. The molecule has 100 valence electrons. The van der Waals surface area contributed by atoms with Gasteiger partial charge in [-0.05, 0) is 43.7 Å². The Kier molecular flexibility index (Phi) is 4.11. The second-order valence-corrected chi connectivity index (χ2v) is 4.43. The minimum atomic E-state index is -0.116. The normalized spacial score (nSPS) is 9.85. The average molecular weight is 265 g/mol. The highest BCUT2D eigenvalue weighted by molar-refractivity contribution is 6.05. The molecule has 0 aliphatic carbocycles. The number of nitrogens with zero attached hydrogens (tertiary/aromatic N) is 3. The lowest BCUT2D eigenvalue weighted by molar-refractivity contribution is 0.0988. The number of aryl methyl sites for hydroxylation is 1. The van der Waals surface area contributed by atoms with Crippen LogP contribution in [0.2, 0.25) is 0 Å². The van der Waals surface area contributed by atoms with Crippen LogP contribution in [0, 0.1) is 18.3 Å². The molecule has 1 heterocycles. The van der Waals surface area contributed by atoms with Crippen molar-refractivity contribution in [2.24, 2.45) is 0 Å². The van der Waals surface area contributed by atoms with Crippen LogP contribution >= 0.6 is 0 Å². The van der Waals surface area contributed by atoms with E-state index in [-0.39, 0.29) is 5.91 Å². The molecule has 0 radical (unpaired) electrons. The molecule has 0 bridgehead atoms. The number of anilines is 1. The van der Waals surface area contributed by atoms with Crippen LogP contribution in [0.15, 0.2) is 42.6 Å². The topological polar surface area (TPSA) is 57.0 Å². The Morgan fingerprint density at radius 2 is 2.15 bits per heavy atom. The third kappa shape index (κ3) is 2.83. The second-order valence-electron chi connectivity index (χ2n) is 4.43. The maximum Gasteiger partial charge on any atom is 0.259 e. The second kappa shape index (κ2) is 5.98. The summed E-state index contributed by atoms with van der Waals surface area (Å²) in [7, 11) is 0. The van der Waals surface area contributed by atoms with Crippen molar-refractivity contribution in [2.45, 2.75) is 13.8 Å². The molecule has 1 amide bonds. The predicted octanol–water partition coefficient (Wildman–Crippen LogP) is 2.93. The first kappa shape index (κ1) is 13.8. The van der Waals surface area contributed by atoms with Crippen LogP contribution in [0.4, 0.5) is 5.69 Å². The number of benzene rings is 1. The van der Waals surface area contributed by atoms with Gasteiger partial charge in [0.2, 0.25) is 0 Å². The van der Waals surface area contributed by atoms with E-state index in [0.717, 1.165) is 11.3 Å². The van der Waals surface area contributed by atoms with Crippen LogP contribution in [0.25, 0.3) is 0 Å². The summed E-state index contributed by atoms with van der Waals surface area (Å²) in [6.07, 6.45) is 1.44. The number of rotatable bonds is 3. The van der Waals surface area contributed by atoms with Gasteiger partial charge in [-0.3, -0.25) is 4.79 Å². The highest BCUT2D eigenvalue weighted by atomic mass is 16.2. The van der Waals surface area contributed by atoms with Crippen molar-refractivity contribution < 1.29 is 4.79 Å². The standard InChI is InChI=1S/C16H15N3O/c1-3-19(15-6-4-5-12(2)9-15)16(20)13-7-8-14(10-17)18-11-13/h4-9,11H,3H2,1-2H3. The van der Waals surface area contributed by atoms with Crippen molar-refractivity contribution in [3.63, 3.8) is 0 Å². The first-order valence-electron chi connectivity index (χ1n) is 6.40. The molecule has 0 unspecified atom stereocenters. The highest BCUT2D eigenvalue weighted by Crippen LogP contribution is 2.18. The molecule has 0 fully saturated rings. The Morgan fingerprint density at radius 3 is 2.70 bits per heavy atom. The monoisotopic (exact) mass is 265 g/mol. The van der Waals surface area contributed by atoms with E-state index >= 15 is 0 Å². The van der Waals surface area contributed by atoms with Gasteiger partial charge in [-0.15, -0.1) is 0 Å². The lowest BCUT2D eigenvalue weighted by Gasteiger charge is -2.21. The van der Waals surface area contributed by atoms with Gasteiger partial charge < -0.3 is 4.90 Å². The summed E-state index contributed by atoms with van der Waals surface area (Å²) in [5.74, 6) is -0.116. The number of nitriles is 1. The fourth-order valence-corrected chi connectivity index (χ4v) is 1.98. The summed E-state index contributed by atoms with van der Waals surface area (Å²) in [5.41, 5.74) is 2.75. The summed E-state index contributed by atoms with van der Waals surface area (Å²) in [6.45, 7) is 4.49. The van der Waals surface area contributed by atoms with Crippen molar-refractivity contribution in [1.29, 1.82) is 5.26 Å². The highest BCUT2D eigenvalue weighted by Gasteiger charge is 2.16. The fourth-order valence-electron chi connectivity index (χ4n) is 1.98. The summed E-state index contributed by atoms with van der Waals surface area (Å²) >= 11 is 0. The van der Waals surface area contributed by atoms with E-state index in [9.17, 15) is 4.79 Å². The molecule has 4 nitrogen and oxygen atoms in total. The van der Waals surface area contributed by atoms with Crippen LogP contribution in [-0.2, 0) is 0 Å². The number of hydrogen-bond acceptors (Lipinski definition) is 3. The first-order chi connectivity index (χ1) is 9.65. The van der Waals surface area contributed by atoms with Crippen LogP contribution in [0.3, 0.4) is 0 Å². The predicted molar refractivity (Wildman–Crippen MR) is 77.5 cm³/mol. The van der Waals surface area contributed by atoms with Gasteiger partial charge in [-0.2, -0.15) is 5.26 Å². The summed E-state index contributed by atoms with van der Waals surface area (Å²) in [6, 6.07) is 12.9. The summed E-state index contributed by atoms with van der Waals surface area (Å²) in [4.78, 5) is 18.1. The molecule has 0 spiro atoms. The molecule has 0 saturated heterocycles. The molecule has 0 aliphatic heterocycles. The van der Waals surface area contributed by atoms with Gasteiger partial charge >= 0.3 is 0 Å². The van der Waals surface area contributed by atoms with E-state index in [2.05, 4.69) is 4.98 Å². The Morgan fingerprint density at radius 1 is 1.35 bits per heavy atom. The number of amides is 1. The molecule has 0 aliphatic rings. The molecule has 1 aromatic heterocycles. The third-order valence-electron chi connectivity index (χ3n) is 3.00. The van der Waals surface area contributed by atoms with Gasteiger partial charge in [-0.1, -0.05) is 12.1 Å². The molecule has 0 N–H and O–H groups in total. The molecular formula is C16H15N3O. The van der Waals surface area contributed by atoms with Crippen LogP contribution < -0.4 is 4.90 Å². The Hall–Kier alpha value is -2.67. The Balaban J connectivity index is 2.31. The van der Waals surface area contributed by atoms with Gasteiger partial charge in [-0.25, -0.2) is 4.98 Å². The SMILES string of the molecule is CCN(C(=O)c1ccc(C#N)nc1)c1cccc(C)c1. The molecule has 4 heteroatoms. The number of carbonyl (C=O) groups excluding carboxylic acids is 1. The van der Waals surface area contributed by atoms with Crippen molar-refractivity contribution in [3.8, 4) is 6.07 Å². The quantitative estimate of drug-likeness (QED) is 0.857. The van der Waals surface area contributed by atoms with Gasteiger partial charge in [0.15, 0.2) is 0 Å². The maximum atomic E-state index is 12.5. The van der Waals surface area contributed by atoms with Crippen LogP contribution in [0.1, 0.15) is 28.5 Å². The van der Waals surface area contributed by atoms with E-state index in [1.165, 1.54) is 6.20 Å². The smallest absolute Gasteiger partial charge is 0.259 e. The summed E-state index contributed by atoms with van der Waals surface area (Å²) < 4.78 is 0. The Bertz CT molecular complexity index is 656. The number of carbonyl (C=O) groups is 1. The van der Waals surface area contributed by atoms with Crippen molar-refractivity contribution in [1.82, 2.24) is 4.98 Å². The lowest BCUT2D eigenvalue weighted by atomic mass is 10.1. The molecular weight excluding hydrogens is 250 g/mol. The van der Waals surface area contributed by atoms with Gasteiger partial charge in [0.05, 0.1) is 5.56 Å². The van der Waals surface area contributed by atoms with E-state index in [1.54, 1.807) is 17.0 Å². The first-order valence-corrected chi connectivity index (χ1v) is 6.40. The minimum absolute atomic E-state index is 0.116. The third-order valence-corrected chi connectivity index (χ3v) is 3.00. The molecule has 2 aromatic rings. The lowest BCUT2D eigenvalue weighted by Crippen LogP contribution is -2.30. The largest absolute Gasteiger partial charge is 0.309 e. The van der Waals surface area contributed by atoms with Gasteiger partial charge in [0.25, 0.3) is 5.91 Å². The van der Waals surface area contributed by atoms with Gasteiger partial charge in [0.1, 0.15) is 11.8 Å². The van der Waals surface area contributed by atoms with Crippen LogP contribution in [0.5, 0.6) is 0 Å².